The van der Waals surface area contributed by atoms with Crippen molar-refractivity contribution in [3.8, 4) is 0 Å². The first-order valence-corrected chi connectivity index (χ1v) is 7.55. The number of nitrogens with zero attached hydrogens (tertiary/aromatic N) is 3. The van der Waals surface area contributed by atoms with Crippen LogP contribution in [0.2, 0.25) is 0 Å². The summed E-state index contributed by atoms with van der Waals surface area (Å²) < 4.78 is 0. The standard InChI is InChI=1S/C8H11.3C3H8N.Ti/c1-2-5-8-6-3-4-7-8;3*1-3-4-2;/h3-4,6-7H,2,5H2,1H3;3*3H2,1-2H3;/q4*-1;+4. The predicted octanol–water partition coefficient (Wildman–Crippen LogP) is 5.38. The van der Waals surface area contributed by atoms with Gasteiger partial charge in [-0.15, -0.1) is 0 Å². The molecule has 0 saturated heterocycles. The Kier molecular flexibility index (Phi) is 44.3. The maximum absolute atomic E-state index is 3.74. The van der Waals surface area contributed by atoms with Crippen LogP contribution >= 0.6 is 0 Å². The second-order valence-corrected chi connectivity index (χ2v) is 3.94. The molecule has 0 spiro atoms. The van der Waals surface area contributed by atoms with Crippen molar-refractivity contribution in [1.82, 2.24) is 0 Å². The molecule has 0 saturated carbocycles. The molecule has 3 nitrogen and oxygen atoms in total. The maximum Gasteiger partial charge on any atom is 4.00 e. The summed E-state index contributed by atoms with van der Waals surface area (Å²) in [4.78, 5) is 0. The molecule has 0 fully saturated rings. The first-order valence-electron chi connectivity index (χ1n) is 7.55. The fourth-order valence-corrected chi connectivity index (χ4v) is 0.869. The van der Waals surface area contributed by atoms with Crippen LogP contribution in [-0.2, 0) is 28.1 Å². The van der Waals surface area contributed by atoms with E-state index in [0.29, 0.717) is 0 Å². The molecule has 1 aromatic rings. The van der Waals surface area contributed by atoms with Gasteiger partial charge in [-0.3, -0.25) is 0 Å². The molecule has 0 atom stereocenters. The minimum Gasteiger partial charge on any atom is -0.665 e. The van der Waals surface area contributed by atoms with Crippen LogP contribution < -0.4 is 0 Å². The van der Waals surface area contributed by atoms with Crippen LogP contribution in [0.1, 0.15) is 39.7 Å². The Balaban J connectivity index is -0.0000000973. The van der Waals surface area contributed by atoms with Crippen molar-refractivity contribution in [1.29, 1.82) is 0 Å². The summed E-state index contributed by atoms with van der Waals surface area (Å²) in [6.45, 7) is 11.1. The Hall–Kier alpha value is -0.0557. The van der Waals surface area contributed by atoms with Gasteiger partial charge in [0.15, 0.2) is 0 Å². The molecule has 0 amide bonds. The smallest absolute Gasteiger partial charge is 0.665 e. The molecule has 0 aliphatic rings. The second-order valence-electron chi connectivity index (χ2n) is 3.94. The summed E-state index contributed by atoms with van der Waals surface area (Å²) in [5.74, 6) is 0. The zero-order valence-electron chi connectivity index (χ0n) is 15.2. The quantitative estimate of drug-likeness (QED) is 0.514. The second kappa shape index (κ2) is 32.0. The van der Waals surface area contributed by atoms with Crippen molar-refractivity contribution in [2.45, 2.75) is 40.5 Å². The zero-order valence-corrected chi connectivity index (χ0v) is 16.7. The normalized spacial score (nSPS) is 7.95. The van der Waals surface area contributed by atoms with Crippen LogP contribution in [0, 0.1) is 0 Å². The van der Waals surface area contributed by atoms with Crippen molar-refractivity contribution in [2.75, 3.05) is 40.8 Å². The van der Waals surface area contributed by atoms with Crippen molar-refractivity contribution >= 4 is 0 Å². The number of hydrogen-bond donors (Lipinski definition) is 0. The van der Waals surface area contributed by atoms with Gasteiger partial charge in [0, 0.05) is 0 Å². The summed E-state index contributed by atoms with van der Waals surface area (Å²) >= 11 is 0. The molecule has 0 unspecified atom stereocenters. The van der Waals surface area contributed by atoms with Gasteiger partial charge in [0.25, 0.3) is 0 Å². The minimum absolute atomic E-state index is 0. The van der Waals surface area contributed by atoms with E-state index in [-0.39, 0.29) is 21.7 Å². The van der Waals surface area contributed by atoms with E-state index in [4.69, 9.17) is 0 Å². The van der Waals surface area contributed by atoms with Crippen LogP contribution in [0.3, 0.4) is 0 Å². The Bertz CT molecular complexity index is 198. The van der Waals surface area contributed by atoms with Crippen LogP contribution in [0.5, 0.6) is 0 Å². The Morgan fingerprint density at radius 2 is 1.00 bits per heavy atom. The first-order chi connectivity index (χ1) is 9.67. The Morgan fingerprint density at radius 3 is 1.19 bits per heavy atom. The topological polar surface area (TPSA) is 42.3 Å². The van der Waals surface area contributed by atoms with Crippen molar-refractivity contribution in [3.05, 3.63) is 45.8 Å². The van der Waals surface area contributed by atoms with Gasteiger partial charge in [-0.05, 0) is 0 Å². The average Bonchev–Trinajstić information content (AvgIpc) is 3.01. The molecule has 122 valence electrons. The third-order valence-electron chi connectivity index (χ3n) is 2.22. The molecule has 0 aliphatic heterocycles. The van der Waals surface area contributed by atoms with E-state index in [2.05, 4.69) is 47.1 Å². The summed E-state index contributed by atoms with van der Waals surface area (Å²) in [7, 11) is 5.42. The minimum atomic E-state index is 0. The number of rotatable bonds is 5. The average molecular weight is 329 g/mol. The molecule has 0 aromatic heterocycles. The fourth-order valence-electron chi connectivity index (χ4n) is 0.869. The summed E-state index contributed by atoms with van der Waals surface area (Å²) in [5, 5.41) is 11.2. The van der Waals surface area contributed by atoms with Gasteiger partial charge in [-0.25, -0.2) is 12.1 Å². The predicted molar refractivity (Wildman–Crippen MR) is 95.5 cm³/mol. The largest absolute Gasteiger partial charge is 4.00 e. The van der Waals surface area contributed by atoms with Gasteiger partial charge in [0.2, 0.25) is 0 Å². The van der Waals surface area contributed by atoms with Crippen LogP contribution in [-0.4, -0.2) is 40.8 Å². The first kappa shape index (κ1) is 29.0. The number of aryl methyl sites for hydroxylation is 1. The van der Waals surface area contributed by atoms with E-state index in [0.717, 1.165) is 19.6 Å². The summed E-state index contributed by atoms with van der Waals surface area (Å²) in [6.07, 6.45) is 2.48. The van der Waals surface area contributed by atoms with Crippen molar-refractivity contribution < 1.29 is 21.7 Å². The van der Waals surface area contributed by atoms with E-state index in [1.54, 1.807) is 21.1 Å². The van der Waals surface area contributed by atoms with Gasteiger partial charge in [0.05, 0.1) is 0 Å². The number of hydrogen-bond acceptors (Lipinski definition) is 0. The molecule has 0 aliphatic carbocycles. The SMILES string of the molecule is CCC[c-]1cccc1.CC[N-]C.CC[N-]C.CC[N-]C.[Ti+4]. The van der Waals surface area contributed by atoms with Crippen LogP contribution in [0.4, 0.5) is 0 Å². The van der Waals surface area contributed by atoms with E-state index >= 15 is 0 Å². The van der Waals surface area contributed by atoms with E-state index in [9.17, 15) is 0 Å². The third kappa shape index (κ3) is 38.3. The molecular weight excluding hydrogens is 294 g/mol. The molecule has 0 bridgehead atoms. The van der Waals surface area contributed by atoms with E-state index < -0.39 is 0 Å². The Labute approximate surface area is 148 Å². The monoisotopic (exact) mass is 329 g/mol. The summed E-state index contributed by atoms with van der Waals surface area (Å²) in [6, 6.07) is 8.52. The van der Waals surface area contributed by atoms with Crippen molar-refractivity contribution in [2.24, 2.45) is 0 Å². The molecule has 21 heavy (non-hydrogen) atoms. The fraction of sp³-hybridized carbons (Fsp3) is 0.706. The van der Waals surface area contributed by atoms with Gasteiger partial charge < -0.3 is 16.0 Å². The molecule has 0 N–H and O–H groups in total. The van der Waals surface area contributed by atoms with Gasteiger partial charge in [-0.2, -0.15) is 58.5 Å². The summed E-state index contributed by atoms with van der Waals surface area (Å²) in [5.41, 5.74) is 1.47. The molecule has 0 radical (unpaired) electrons. The molecule has 1 aromatic carbocycles. The van der Waals surface area contributed by atoms with Gasteiger partial charge in [0.1, 0.15) is 0 Å². The van der Waals surface area contributed by atoms with E-state index in [1.165, 1.54) is 18.4 Å². The van der Waals surface area contributed by atoms with Gasteiger partial charge >= 0.3 is 21.7 Å². The molecule has 0 heterocycles. The maximum atomic E-state index is 3.74. The van der Waals surface area contributed by atoms with Crippen LogP contribution in [0.15, 0.2) is 24.3 Å². The Morgan fingerprint density at radius 1 is 0.714 bits per heavy atom. The van der Waals surface area contributed by atoms with Crippen molar-refractivity contribution in [3.63, 3.8) is 0 Å². The third-order valence-corrected chi connectivity index (χ3v) is 2.22. The molecule has 1 rings (SSSR count). The zero-order chi connectivity index (χ0) is 16.1. The molecular formula is C17H35N3Ti. The molecule has 4 heteroatoms. The van der Waals surface area contributed by atoms with Gasteiger partial charge in [-0.1, -0.05) is 40.5 Å². The van der Waals surface area contributed by atoms with E-state index in [1.807, 2.05) is 20.8 Å². The van der Waals surface area contributed by atoms with Crippen LogP contribution in [0.25, 0.3) is 16.0 Å².